The Morgan fingerprint density at radius 1 is 1.09 bits per heavy atom. The van der Waals surface area contributed by atoms with Crippen molar-refractivity contribution in [3.05, 3.63) is 99.6 Å². The van der Waals surface area contributed by atoms with Crippen molar-refractivity contribution < 1.29 is 13.9 Å². The van der Waals surface area contributed by atoms with Crippen molar-refractivity contribution in [2.45, 2.75) is 51.0 Å². The van der Waals surface area contributed by atoms with Crippen molar-refractivity contribution in [3.8, 4) is 11.9 Å². The van der Waals surface area contributed by atoms with Gasteiger partial charge in [-0.1, -0.05) is 12.1 Å². The summed E-state index contributed by atoms with van der Waals surface area (Å²) < 4.78 is 28.1. The van der Waals surface area contributed by atoms with E-state index in [1.807, 2.05) is 36.4 Å². The normalized spacial score (nSPS) is 17.6. The summed E-state index contributed by atoms with van der Waals surface area (Å²) in [5, 5.41) is 10.5. The SMILES string of the molecule is N#Cc1ccc(COc2cccc(C3CCN(Cc4nc5cc6cc[nH]c(=O)c6cc5n4C[C@@H]4CCO4)CC3)n2)c(F)c1. The fraction of sp³-hybridized carbons (Fsp3) is 0.333. The monoisotopic (exact) mass is 578 g/mol. The highest BCUT2D eigenvalue weighted by Gasteiger charge is 2.26. The molecule has 218 valence electrons. The summed E-state index contributed by atoms with van der Waals surface area (Å²) in [6.07, 6.45) is 4.77. The second-order valence-electron chi connectivity index (χ2n) is 11.3. The van der Waals surface area contributed by atoms with Crippen LogP contribution in [0.4, 0.5) is 4.39 Å². The molecule has 0 aliphatic carbocycles. The number of nitriles is 1. The van der Waals surface area contributed by atoms with E-state index in [2.05, 4.69) is 14.5 Å². The Hall–Kier alpha value is -4.59. The van der Waals surface area contributed by atoms with Crippen LogP contribution >= 0.6 is 0 Å². The Labute approximate surface area is 247 Å². The van der Waals surface area contributed by atoms with Gasteiger partial charge < -0.3 is 19.0 Å². The van der Waals surface area contributed by atoms with E-state index in [0.717, 1.165) is 73.4 Å². The summed E-state index contributed by atoms with van der Waals surface area (Å²) in [6.45, 7) is 4.07. The molecule has 0 amide bonds. The van der Waals surface area contributed by atoms with E-state index < -0.39 is 5.82 Å². The van der Waals surface area contributed by atoms with Crippen LogP contribution in [0.2, 0.25) is 0 Å². The topological polar surface area (TPSA) is 109 Å². The molecule has 5 aromatic rings. The van der Waals surface area contributed by atoms with Crippen LogP contribution in [0.25, 0.3) is 21.8 Å². The third-order valence-corrected chi connectivity index (χ3v) is 8.57. The van der Waals surface area contributed by atoms with Crippen molar-refractivity contribution in [2.75, 3.05) is 19.7 Å². The number of aromatic nitrogens is 4. The number of nitrogens with zero attached hydrogens (tertiary/aromatic N) is 5. The van der Waals surface area contributed by atoms with Gasteiger partial charge in [0.2, 0.25) is 5.88 Å². The first kappa shape index (κ1) is 27.3. The smallest absolute Gasteiger partial charge is 0.255 e. The highest BCUT2D eigenvalue weighted by molar-refractivity contribution is 5.94. The van der Waals surface area contributed by atoms with Gasteiger partial charge in [0.1, 0.15) is 18.2 Å². The minimum absolute atomic E-state index is 0.0449. The largest absolute Gasteiger partial charge is 0.473 e. The maximum absolute atomic E-state index is 14.3. The lowest BCUT2D eigenvalue weighted by atomic mass is 9.93. The second kappa shape index (κ2) is 11.6. The van der Waals surface area contributed by atoms with Crippen LogP contribution in [0.15, 0.2) is 65.6 Å². The number of fused-ring (bicyclic) bond motifs is 2. The standard InChI is InChI=1S/C33H31FN6O3/c34-27-14-21(17-35)4-5-24(27)20-43-32-3-1-2-28(38-32)22-7-11-39(12-8-22)19-31-37-29-15-23-6-10-36-33(41)26(23)16-30(29)40(31)18-25-9-13-42-25/h1-6,10,14-16,22,25H,7-9,11-13,18-20H2,(H,36,41)/t25-/m0/s1. The van der Waals surface area contributed by atoms with Gasteiger partial charge in [0.25, 0.3) is 5.56 Å². The fourth-order valence-corrected chi connectivity index (χ4v) is 6.02. The number of aromatic amines is 1. The summed E-state index contributed by atoms with van der Waals surface area (Å²) in [5.41, 5.74) is 3.40. The summed E-state index contributed by atoms with van der Waals surface area (Å²) in [7, 11) is 0. The Balaban J connectivity index is 1.04. The molecule has 0 unspecified atom stereocenters. The third-order valence-electron chi connectivity index (χ3n) is 8.57. The van der Waals surface area contributed by atoms with Crippen LogP contribution < -0.4 is 10.3 Å². The molecule has 43 heavy (non-hydrogen) atoms. The fourth-order valence-electron chi connectivity index (χ4n) is 6.02. The highest BCUT2D eigenvalue weighted by atomic mass is 19.1. The number of piperidine rings is 1. The predicted molar refractivity (Wildman–Crippen MR) is 159 cm³/mol. The van der Waals surface area contributed by atoms with Gasteiger partial charge in [-0.05, 0) is 74.1 Å². The number of imidazole rings is 1. The molecule has 0 radical (unpaired) electrons. The molecular formula is C33H31FN6O3. The molecule has 0 spiro atoms. The predicted octanol–water partition coefficient (Wildman–Crippen LogP) is 5.03. The van der Waals surface area contributed by atoms with E-state index in [0.29, 0.717) is 29.3 Å². The van der Waals surface area contributed by atoms with Gasteiger partial charge in [0.15, 0.2) is 0 Å². The van der Waals surface area contributed by atoms with Crippen molar-refractivity contribution in [1.29, 1.82) is 5.26 Å². The Kier molecular flexibility index (Phi) is 7.35. The van der Waals surface area contributed by atoms with E-state index in [-0.39, 0.29) is 23.8 Å². The minimum Gasteiger partial charge on any atom is -0.473 e. The quantitative estimate of drug-likeness (QED) is 0.275. The van der Waals surface area contributed by atoms with Gasteiger partial charge in [-0.25, -0.2) is 14.4 Å². The van der Waals surface area contributed by atoms with Crippen molar-refractivity contribution in [2.24, 2.45) is 0 Å². The number of rotatable bonds is 8. The van der Waals surface area contributed by atoms with Crippen molar-refractivity contribution in [1.82, 2.24) is 24.4 Å². The van der Waals surface area contributed by atoms with E-state index in [9.17, 15) is 9.18 Å². The average Bonchev–Trinajstić information content (AvgIpc) is 3.33. The minimum atomic E-state index is -0.460. The molecule has 9 nitrogen and oxygen atoms in total. The Morgan fingerprint density at radius 3 is 2.72 bits per heavy atom. The van der Waals surface area contributed by atoms with Crippen molar-refractivity contribution >= 4 is 21.8 Å². The molecule has 1 atom stereocenters. The lowest BCUT2D eigenvalue weighted by Gasteiger charge is -2.32. The number of halogens is 1. The maximum atomic E-state index is 14.3. The molecule has 0 bridgehead atoms. The summed E-state index contributed by atoms with van der Waals surface area (Å²) in [6, 6.07) is 17.9. The average molecular weight is 579 g/mol. The van der Waals surface area contributed by atoms with E-state index in [1.54, 1.807) is 24.4 Å². The summed E-state index contributed by atoms with van der Waals surface area (Å²) in [5.74, 6) is 1.28. The number of nitrogens with one attached hydrogen (secondary N) is 1. The summed E-state index contributed by atoms with van der Waals surface area (Å²) in [4.78, 5) is 27.5. The second-order valence-corrected chi connectivity index (χ2v) is 11.3. The zero-order valence-corrected chi connectivity index (χ0v) is 23.6. The molecule has 1 N–H and O–H groups in total. The molecule has 2 aliphatic rings. The van der Waals surface area contributed by atoms with E-state index in [1.165, 1.54) is 6.07 Å². The van der Waals surface area contributed by atoms with Gasteiger partial charge in [-0.15, -0.1) is 0 Å². The molecule has 2 aromatic carbocycles. The number of pyridine rings is 2. The van der Waals surface area contributed by atoms with Crippen molar-refractivity contribution in [3.63, 3.8) is 0 Å². The Morgan fingerprint density at radius 2 is 1.95 bits per heavy atom. The van der Waals surface area contributed by atoms with Crippen LogP contribution in [0.5, 0.6) is 5.88 Å². The molecule has 2 aliphatic heterocycles. The molecule has 2 fully saturated rings. The van der Waals surface area contributed by atoms with Crippen LogP contribution in [0.1, 0.15) is 47.8 Å². The van der Waals surface area contributed by atoms with E-state index in [4.69, 9.17) is 24.7 Å². The summed E-state index contributed by atoms with van der Waals surface area (Å²) >= 11 is 0. The number of likely N-dealkylation sites (tertiary alicyclic amines) is 1. The number of benzene rings is 2. The number of ether oxygens (including phenoxy) is 2. The van der Waals surface area contributed by atoms with Crippen LogP contribution in [0, 0.1) is 17.1 Å². The van der Waals surface area contributed by atoms with E-state index >= 15 is 0 Å². The molecule has 5 heterocycles. The molecule has 10 heteroatoms. The molecule has 7 rings (SSSR count). The van der Waals surface area contributed by atoms with Crippen LogP contribution in [-0.4, -0.2) is 50.2 Å². The number of hydrogen-bond acceptors (Lipinski definition) is 7. The van der Waals surface area contributed by atoms with Crippen LogP contribution in [-0.2, 0) is 24.4 Å². The lowest BCUT2D eigenvalue weighted by Crippen LogP contribution is -2.35. The highest BCUT2D eigenvalue weighted by Crippen LogP contribution is 2.30. The van der Waals surface area contributed by atoms with Gasteiger partial charge in [-0.2, -0.15) is 5.26 Å². The van der Waals surface area contributed by atoms with Gasteiger partial charge in [0, 0.05) is 41.4 Å². The Bertz CT molecular complexity index is 1900. The lowest BCUT2D eigenvalue weighted by molar-refractivity contribution is -0.0592. The van der Waals surface area contributed by atoms with Crippen LogP contribution in [0.3, 0.4) is 0 Å². The molecule has 3 aromatic heterocycles. The number of H-pyrrole nitrogens is 1. The third kappa shape index (κ3) is 5.61. The first-order valence-corrected chi connectivity index (χ1v) is 14.7. The molecule has 2 saturated heterocycles. The maximum Gasteiger partial charge on any atom is 0.255 e. The molecular weight excluding hydrogens is 547 g/mol. The van der Waals surface area contributed by atoms with Gasteiger partial charge in [-0.3, -0.25) is 9.69 Å². The zero-order chi connectivity index (χ0) is 29.3. The molecule has 0 saturated carbocycles. The van der Waals surface area contributed by atoms with Gasteiger partial charge >= 0.3 is 0 Å². The number of hydrogen-bond donors (Lipinski definition) is 1. The first-order valence-electron chi connectivity index (χ1n) is 14.7. The zero-order valence-electron chi connectivity index (χ0n) is 23.6. The van der Waals surface area contributed by atoms with Gasteiger partial charge in [0.05, 0.1) is 41.9 Å². The first-order chi connectivity index (χ1) is 21.0.